The van der Waals surface area contributed by atoms with Crippen LogP contribution in [0.15, 0.2) is 41.5 Å². The quantitative estimate of drug-likeness (QED) is 0.362. The lowest BCUT2D eigenvalue weighted by molar-refractivity contribution is -0.139. The Morgan fingerprint density at radius 3 is 2.47 bits per heavy atom. The molecule has 0 radical (unpaired) electrons. The number of amides is 2. The van der Waals surface area contributed by atoms with Gasteiger partial charge in [-0.2, -0.15) is 5.10 Å². The van der Waals surface area contributed by atoms with Gasteiger partial charge in [0.25, 0.3) is 0 Å². The largest absolute Gasteiger partial charge is 0.493 e. The first kappa shape index (κ1) is 23.5. The van der Waals surface area contributed by atoms with Crippen molar-refractivity contribution in [3.05, 3.63) is 57.6 Å². The van der Waals surface area contributed by atoms with E-state index in [9.17, 15) is 9.59 Å². The van der Waals surface area contributed by atoms with Gasteiger partial charge in [0.2, 0.25) is 0 Å². The van der Waals surface area contributed by atoms with Gasteiger partial charge in [0.1, 0.15) is 6.61 Å². The van der Waals surface area contributed by atoms with Crippen LogP contribution in [0, 0.1) is 5.92 Å². The fourth-order valence-electron chi connectivity index (χ4n) is 2.28. The number of rotatable bonds is 8. The number of hydrogen-bond donors (Lipinski definition) is 2. The molecule has 0 aliphatic heterocycles. The van der Waals surface area contributed by atoms with Gasteiger partial charge in [0, 0.05) is 11.6 Å². The first-order valence-corrected chi connectivity index (χ1v) is 9.91. The number of methoxy groups -OCH3 is 1. The molecule has 0 saturated heterocycles. The molecule has 9 heteroatoms. The second kappa shape index (κ2) is 11.4. The second-order valence-electron chi connectivity index (χ2n) is 6.75. The number of halogens is 2. The lowest BCUT2D eigenvalue weighted by Gasteiger charge is -2.13. The summed E-state index contributed by atoms with van der Waals surface area (Å²) in [4.78, 5) is 23.3. The Labute approximate surface area is 185 Å². The van der Waals surface area contributed by atoms with E-state index in [1.54, 1.807) is 24.3 Å². The van der Waals surface area contributed by atoms with Crippen molar-refractivity contribution in [1.82, 2.24) is 10.7 Å². The topological polar surface area (TPSA) is 89.0 Å². The summed E-state index contributed by atoms with van der Waals surface area (Å²) in [5, 5.41) is 7.24. The van der Waals surface area contributed by atoms with E-state index in [1.807, 2.05) is 26.0 Å². The summed E-state index contributed by atoms with van der Waals surface area (Å²) in [6.07, 6.45) is 1.35. The molecule has 30 heavy (non-hydrogen) atoms. The van der Waals surface area contributed by atoms with Gasteiger partial charge in [-0.25, -0.2) is 5.43 Å². The molecule has 0 fully saturated rings. The molecule has 7 nitrogen and oxygen atoms in total. The van der Waals surface area contributed by atoms with E-state index in [4.69, 9.17) is 32.7 Å². The molecule has 160 valence electrons. The molecule has 0 spiro atoms. The van der Waals surface area contributed by atoms with Crippen molar-refractivity contribution in [3.8, 4) is 11.5 Å². The number of nitrogens with one attached hydrogen (secondary N) is 2. The molecule has 2 aromatic carbocycles. The summed E-state index contributed by atoms with van der Waals surface area (Å²) in [7, 11) is 1.49. The molecular formula is C21H23Cl2N3O4. The molecule has 2 amide bonds. The van der Waals surface area contributed by atoms with E-state index in [0.717, 1.165) is 5.56 Å². The third kappa shape index (κ3) is 7.24. The predicted octanol–water partition coefficient (Wildman–Crippen LogP) is 3.80. The predicted molar refractivity (Wildman–Crippen MR) is 117 cm³/mol. The Hall–Kier alpha value is -2.77. The Bertz CT molecular complexity index is 915. The van der Waals surface area contributed by atoms with Gasteiger partial charge in [-0.1, -0.05) is 49.2 Å². The molecule has 0 aromatic heterocycles. The van der Waals surface area contributed by atoms with Gasteiger partial charge in [0.05, 0.1) is 18.3 Å². The van der Waals surface area contributed by atoms with Crippen molar-refractivity contribution in [3.63, 3.8) is 0 Å². The number of hydrogen-bond acceptors (Lipinski definition) is 5. The standard InChI is InChI=1S/C21H23Cl2N3O4/c1-13(2)10-24-20(27)21(28)26-25-11-15-8-17(23)19(18(9-15)29-3)30-12-14-4-6-16(22)7-5-14/h4-9,11,13H,10,12H2,1-3H3,(H,24,27)(H,26,28)/b25-11-. The highest BCUT2D eigenvalue weighted by Gasteiger charge is 2.14. The Morgan fingerprint density at radius 1 is 1.13 bits per heavy atom. The van der Waals surface area contributed by atoms with E-state index < -0.39 is 11.8 Å². The molecule has 0 aliphatic carbocycles. The lowest BCUT2D eigenvalue weighted by atomic mass is 10.2. The van der Waals surface area contributed by atoms with Gasteiger partial charge in [-0.05, 0) is 41.3 Å². The molecule has 0 atom stereocenters. The molecule has 2 rings (SSSR count). The van der Waals surface area contributed by atoms with Gasteiger partial charge in [-0.3, -0.25) is 9.59 Å². The van der Waals surface area contributed by atoms with E-state index in [0.29, 0.717) is 33.7 Å². The number of carbonyl (C=O) groups is 2. The van der Waals surface area contributed by atoms with E-state index in [-0.39, 0.29) is 12.5 Å². The van der Waals surface area contributed by atoms with Crippen molar-refractivity contribution in [2.24, 2.45) is 11.0 Å². The average Bonchev–Trinajstić information content (AvgIpc) is 2.71. The maximum Gasteiger partial charge on any atom is 0.329 e. The van der Waals surface area contributed by atoms with Crippen LogP contribution in [0.4, 0.5) is 0 Å². The van der Waals surface area contributed by atoms with Crippen molar-refractivity contribution >= 4 is 41.2 Å². The molecule has 0 aliphatic rings. The third-order valence-corrected chi connectivity index (χ3v) is 4.34. The van der Waals surface area contributed by atoms with Crippen LogP contribution in [0.25, 0.3) is 0 Å². The summed E-state index contributed by atoms with van der Waals surface area (Å²) in [6.45, 7) is 4.54. The number of nitrogens with zero attached hydrogens (tertiary/aromatic N) is 1. The van der Waals surface area contributed by atoms with Crippen molar-refractivity contribution in [2.75, 3.05) is 13.7 Å². The summed E-state index contributed by atoms with van der Waals surface area (Å²) in [6, 6.07) is 10.5. The molecule has 2 aromatic rings. The minimum atomic E-state index is -0.854. The SMILES string of the molecule is COc1cc(/C=N\NC(=O)C(=O)NCC(C)C)cc(Cl)c1OCc1ccc(Cl)cc1. The first-order valence-electron chi connectivity index (χ1n) is 9.16. The monoisotopic (exact) mass is 451 g/mol. The molecule has 2 N–H and O–H groups in total. The Balaban J connectivity index is 2.01. The Morgan fingerprint density at radius 2 is 1.83 bits per heavy atom. The normalized spacial score (nSPS) is 10.9. The van der Waals surface area contributed by atoms with E-state index in [1.165, 1.54) is 13.3 Å². The lowest BCUT2D eigenvalue weighted by Crippen LogP contribution is -2.39. The van der Waals surface area contributed by atoms with E-state index >= 15 is 0 Å². The van der Waals surface area contributed by atoms with Crippen LogP contribution in [0.3, 0.4) is 0 Å². The van der Waals surface area contributed by atoms with Crippen LogP contribution < -0.4 is 20.2 Å². The maximum atomic E-state index is 11.7. The third-order valence-electron chi connectivity index (χ3n) is 3.81. The highest BCUT2D eigenvalue weighted by atomic mass is 35.5. The minimum absolute atomic E-state index is 0.236. The fraction of sp³-hybridized carbons (Fsp3) is 0.286. The number of ether oxygens (including phenoxy) is 2. The van der Waals surface area contributed by atoms with Gasteiger partial charge < -0.3 is 14.8 Å². The highest BCUT2D eigenvalue weighted by Crippen LogP contribution is 2.36. The molecule has 0 unspecified atom stereocenters. The summed E-state index contributed by atoms with van der Waals surface area (Å²) in [5.74, 6) is -0.585. The minimum Gasteiger partial charge on any atom is -0.493 e. The first-order chi connectivity index (χ1) is 14.3. The van der Waals surface area contributed by atoms with Gasteiger partial charge in [-0.15, -0.1) is 0 Å². The number of hydrazone groups is 1. The summed E-state index contributed by atoms with van der Waals surface area (Å²) in [5.41, 5.74) is 3.64. The van der Waals surface area contributed by atoms with Crippen molar-refractivity contribution < 1.29 is 19.1 Å². The van der Waals surface area contributed by atoms with E-state index in [2.05, 4.69) is 15.8 Å². The van der Waals surface area contributed by atoms with Crippen LogP contribution in [0.2, 0.25) is 10.0 Å². The van der Waals surface area contributed by atoms with Crippen LogP contribution >= 0.6 is 23.2 Å². The zero-order valence-corrected chi connectivity index (χ0v) is 18.4. The second-order valence-corrected chi connectivity index (χ2v) is 7.60. The van der Waals surface area contributed by atoms with Crippen molar-refractivity contribution in [2.45, 2.75) is 20.5 Å². The van der Waals surface area contributed by atoms with Crippen LogP contribution in [0.5, 0.6) is 11.5 Å². The zero-order valence-electron chi connectivity index (χ0n) is 16.9. The average molecular weight is 452 g/mol. The van der Waals surface area contributed by atoms with Gasteiger partial charge in [0.15, 0.2) is 11.5 Å². The number of benzene rings is 2. The van der Waals surface area contributed by atoms with Crippen molar-refractivity contribution in [1.29, 1.82) is 0 Å². The maximum absolute atomic E-state index is 11.7. The molecule has 0 bridgehead atoms. The molecule has 0 saturated carbocycles. The summed E-state index contributed by atoms with van der Waals surface area (Å²) < 4.78 is 11.1. The van der Waals surface area contributed by atoms with Crippen LogP contribution in [-0.2, 0) is 16.2 Å². The van der Waals surface area contributed by atoms with Gasteiger partial charge >= 0.3 is 11.8 Å². The molecular weight excluding hydrogens is 429 g/mol. The number of carbonyl (C=O) groups excluding carboxylic acids is 2. The molecule has 0 heterocycles. The summed E-state index contributed by atoms with van der Waals surface area (Å²) >= 11 is 12.2. The Kier molecular flexibility index (Phi) is 8.95. The van der Waals surface area contributed by atoms with Crippen LogP contribution in [-0.4, -0.2) is 31.7 Å². The fourth-order valence-corrected chi connectivity index (χ4v) is 2.68. The zero-order chi connectivity index (χ0) is 22.1. The smallest absolute Gasteiger partial charge is 0.329 e. The highest BCUT2D eigenvalue weighted by molar-refractivity contribution is 6.35. The van der Waals surface area contributed by atoms with Crippen LogP contribution in [0.1, 0.15) is 25.0 Å².